The van der Waals surface area contributed by atoms with Crippen LogP contribution in [0.15, 0.2) is 23.1 Å². The van der Waals surface area contributed by atoms with Crippen LogP contribution in [-0.2, 0) is 6.54 Å². The first-order chi connectivity index (χ1) is 7.81. The molecule has 4 nitrogen and oxygen atoms in total. The summed E-state index contributed by atoms with van der Waals surface area (Å²) in [4.78, 5) is 11.9. The lowest BCUT2D eigenvalue weighted by Gasteiger charge is -2.23. The van der Waals surface area contributed by atoms with Crippen LogP contribution in [0.5, 0.6) is 5.75 Å². The summed E-state index contributed by atoms with van der Waals surface area (Å²) in [5.74, 6) is 0.977. The minimum absolute atomic E-state index is 0.0319. The third kappa shape index (κ3) is 2.44. The lowest BCUT2D eigenvalue weighted by atomic mass is 10.00. The van der Waals surface area contributed by atoms with Gasteiger partial charge in [-0.15, -0.1) is 0 Å². The fraction of sp³-hybridized carbons (Fsp3) is 0.583. The van der Waals surface area contributed by atoms with E-state index in [2.05, 4.69) is 5.32 Å². The van der Waals surface area contributed by atoms with Crippen LogP contribution in [0.3, 0.4) is 0 Å². The zero-order valence-corrected chi connectivity index (χ0v) is 9.61. The van der Waals surface area contributed by atoms with Crippen molar-refractivity contribution in [1.29, 1.82) is 0 Å². The second kappa shape index (κ2) is 5.16. The Bertz CT molecular complexity index is 394. The van der Waals surface area contributed by atoms with Crippen molar-refractivity contribution in [3.63, 3.8) is 0 Å². The van der Waals surface area contributed by atoms with Crippen molar-refractivity contribution in [2.24, 2.45) is 5.92 Å². The van der Waals surface area contributed by atoms with E-state index >= 15 is 0 Å². The van der Waals surface area contributed by atoms with Crippen LogP contribution in [0, 0.1) is 5.92 Å². The van der Waals surface area contributed by atoms with E-state index in [0.29, 0.717) is 11.7 Å². The van der Waals surface area contributed by atoms with E-state index in [1.54, 1.807) is 10.6 Å². The summed E-state index contributed by atoms with van der Waals surface area (Å²) in [7, 11) is 1.53. The van der Waals surface area contributed by atoms with Gasteiger partial charge in [0, 0.05) is 12.7 Å². The normalized spacial score (nSPS) is 20.7. The number of hydrogen-bond donors (Lipinski definition) is 1. The molecule has 1 aromatic rings. The molecule has 0 radical (unpaired) electrons. The third-order valence-electron chi connectivity index (χ3n) is 3.06. The molecule has 2 heterocycles. The fourth-order valence-corrected chi connectivity index (χ4v) is 2.17. The first kappa shape index (κ1) is 11.2. The van der Waals surface area contributed by atoms with E-state index < -0.39 is 0 Å². The van der Waals surface area contributed by atoms with Gasteiger partial charge in [0.15, 0.2) is 5.75 Å². The Labute approximate surface area is 95.2 Å². The molecule has 0 aromatic carbocycles. The lowest BCUT2D eigenvalue weighted by molar-refractivity contribution is 0.328. The molecule has 4 heteroatoms. The van der Waals surface area contributed by atoms with E-state index in [0.717, 1.165) is 19.6 Å². The molecule has 0 bridgehead atoms. The van der Waals surface area contributed by atoms with Crippen LogP contribution in [0.1, 0.15) is 12.8 Å². The molecule has 1 aliphatic heterocycles. The smallest absolute Gasteiger partial charge is 0.292 e. The highest BCUT2D eigenvalue weighted by atomic mass is 16.5. The van der Waals surface area contributed by atoms with Crippen molar-refractivity contribution in [1.82, 2.24) is 9.88 Å². The van der Waals surface area contributed by atoms with Crippen LogP contribution >= 0.6 is 0 Å². The molecule has 1 fully saturated rings. The van der Waals surface area contributed by atoms with Crippen LogP contribution < -0.4 is 15.6 Å². The molecule has 1 atom stereocenters. The maximum atomic E-state index is 11.9. The number of ether oxygens (including phenoxy) is 1. The molecule has 0 aliphatic carbocycles. The van der Waals surface area contributed by atoms with E-state index in [1.165, 1.54) is 20.0 Å². The number of rotatable bonds is 3. The lowest BCUT2D eigenvalue weighted by Crippen LogP contribution is -2.34. The van der Waals surface area contributed by atoms with Gasteiger partial charge in [-0.05, 0) is 44.0 Å². The summed E-state index contributed by atoms with van der Waals surface area (Å²) >= 11 is 0. The number of aromatic nitrogens is 1. The van der Waals surface area contributed by atoms with Crippen molar-refractivity contribution in [2.45, 2.75) is 19.4 Å². The summed E-state index contributed by atoms with van der Waals surface area (Å²) in [6, 6.07) is 3.56. The second-order valence-electron chi connectivity index (χ2n) is 4.25. The van der Waals surface area contributed by atoms with E-state index in [1.807, 2.05) is 12.3 Å². The van der Waals surface area contributed by atoms with Gasteiger partial charge in [0.1, 0.15) is 0 Å². The van der Waals surface area contributed by atoms with Gasteiger partial charge in [0.2, 0.25) is 0 Å². The molecule has 88 valence electrons. The van der Waals surface area contributed by atoms with E-state index in [-0.39, 0.29) is 5.56 Å². The van der Waals surface area contributed by atoms with E-state index in [9.17, 15) is 4.79 Å². The van der Waals surface area contributed by atoms with Gasteiger partial charge in [-0.25, -0.2) is 0 Å². The number of nitrogens with one attached hydrogen (secondary N) is 1. The average Bonchev–Trinajstić information content (AvgIpc) is 2.33. The standard InChI is InChI=1S/C12H18N2O2/c1-16-11-5-3-7-14(12(11)15)9-10-4-2-6-13-8-10/h3,5,7,10,13H,2,4,6,8-9H2,1H3. The van der Waals surface area contributed by atoms with Crippen LogP contribution in [0.25, 0.3) is 0 Å². The highest BCUT2D eigenvalue weighted by Gasteiger charge is 2.14. The number of pyridine rings is 1. The van der Waals surface area contributed by atoms with Crippen molar-refractivity contribution in [3.05, 3.63) is 28.7 Å². The SMILES string of the molecule is COc1cccn(CC2CCCNC2)c1=O. The van der Waals surface area contributed by atoms with Gasteiger partial charge in [-0.2, -0.15) is 0 Å². The van der Waals surface area contributed by atoms with Gasteiger partial charge >= 0.3 is 0 Å². The summed E-state index contributed by atoms with van der Waals surface area (Å²) in [5.41, 5.74) is -0.0319. The van der Waals surface area contributed by atoms with Gasteiger partial charge in [0.05, 0.1) is 7.11 Å². The molecule has 0 amide bonds. The molecular weight excluding hydrogens is 204 g/mol. The Hall–Kier alpha value is -1.29. The van der Waals surface area contributed by atoms with Gasteiger partial charge < -0.3 is 14.6 Å². The Morgan fingerprint density at radius 1 is 1.62 bits per heavy atom. The van der Waals surface area contributed by atoms with E-state index in [4.69, 9.17) is 4.74 Å². The highest BCUT2D eigenvalue weighted by Crippen LogP contribution is 2.12. The topological polar surface area (TPSA) is 43.3 Å². The summed E-state index contributed by atoms with van der Waals surface area (Å²) in [6.07, 6.45) is 4.22. The molecule has 0 spiro atoms. The molecular formula is C12H18N2O2. The van der Waals surface area contributed by atoms with Gasteiger partial charge in [0.25, 0.3) is 5.56 Å². The van der Waals surface area contributed by atoms with Crippen molar-refractivity contribution >= 4 is 0 Å². The molecule has 1 aliphatic rings. The zero-order valence-electron chi connectivity index (χ0n) is 9.61. The summed E-state index contributed by atoms with van der Waals surface area (Å²) in [5, 5.41) is 3.36. The molecule has 1 unspecified atom stereocenters. The quantitative estimate of drug-likeness (QED) is 0.824. The summed E-state index contributed by atoms with van der Waals surface area (Å²) < 4.78 is 6.77. The highest BCUT2D eigenvalue weighted by molar-refractivity contribution is 5.16. The maximum absolute atomic E-state index is 11.9. The molecule has 16 heavy (non-hydrogen) atoms. The van der Waals surface area contributed by atoms with Gasteiger partial charge in [-0.3, -0.25) is 4.79 Å². The Balaban J connectivity index is 2.11. The maximum Gasteiger partial charge on any atom is 0.292 e. The zero-order chi connectivity index (χ0) is 11.4. The number of piperidine rings is 1. The predicted octanol–water partition coefficient (Wildman–Crippen LogP) is 0.856. The minimum atomic E-state index is -0.0319. The Kier molecular flexibility index (Phi) is 3.62. The largest absolute Gasteiger partial charge is 0.491 e. The van der Waals surface area contributed by atoms with Crippen LogP contribution in [0.2, 0.25) is 0 Å². The Morgan fingerprint density at radius 2 is 2.50 bits per heavy atom. The number of hydrogen-bond acceptors (Lipinski definition) is 3. The number of methoxy groups -OCH3 is 1. The molecule has 1 aromatic heterocycles. The predicted molar refractivity (Wildman–Crippen MR) is 62.8 cm³/mol. The first-order valence-electron chi connectivity index (χ1n) is 5.75. The Morgan fingerprint density at radius 3 is 3.19 bits per heavy atom. The minimum Gasteiger partial charge on any atom is -0.491 e. The summed E-state index contributed by atoms with van der Waals surface area (Å²) in [6.45, 7) is 2.89. The van der Waals surface area contributed by atoms with Crippen molar-refractivity contribution in [2.75, 3.05) is 20.2 Å². The third-order valence-corrected chi connectivity index (χ3v) is 3.06. The molecule has 1 saturated heterocycles. The first-order valence-corrected chi connectivity index (χ1v) is 5.75. The van der Waals surface area contributed by atoms with Crippen LogP contribution in [0.4, 0.5) is 0 Å². The second-order valence-corrected chi connectivity index (χ2v) is 4.25. The monoisotopic (exact) mass is 222 g/mol. The molecule has 1 N–H and O–H groups in total. The number of nitrogens with zero attached hydrogens (tertiary/aromatic N) is 1. The van der Waals surface area contributed by atoms with Crippen molar-refractivity contribution < 1.29 is 4.74 Å². The average molecular weight is 222 g/mol. The van der Waals surface area contributed by atoms with Crippen LogP contribution in [-0.4, -0.2) is 24.8 Å². The van der Waals surface area contributed by atoms with Crippen molar-refractivity contribution in [3.8, 4) is 5.75 Å². The fourth-order valence-electron chi connectivity index (χ4n) is 2.17. The van der Waals surface area contributed by atoms with Gasteiger partial charge in [-0.1, -0.05) is 0 Å². The molecule has 0 saturated carbocycles. The molecule has 2 rings (SSSR count).